The van der Waals surface area contributed by atoms with Gasteiger partial charge in [-0.05, 0) is 65.5 Å². The van der Waals surface area contributed by atoms with E-state index in [-0.39, 0.29) is 24.9 Å². The molecule has 0 aromatic heterocycles. The van der Waals surface area contributed by atoms with Gasteiger partial charge >= 0.3 is 12.0 Å². The van der Waals surface area contributed by atoms with Crippen molar-refractivity contribution in [3.05, 3.63) is 41.1 Å². The monoisotopic (exact) mass is 462 g/mol. The first-order valence-corrected chi connectivity index (χ1v) is 12.9. The molecule has 0 fully saturated rings. The van der Waals surface area contributed by atoms with E-state index in [0.717, 1.165) is 34.4 Å². The van der Waals surface area contributed by atoms with Gasteiger partial charge in [0.15, 0.2) is 4.90 Å². The molecule has 7 heteroatoms. The standard InChI is InChI=1S/C25H38N2O4S/c1-7-19-15-20(9-10-22(19)32(31)14-12-17(3)4)25(8-2)21(18(5)6)16-27(24(30)26-25)13-11-23(28)29/h9-10,15-18H,7-8,11-14H2,1-6H3,(H,26,30)(H,28,29)/t25-,32?/m0/s1. The highest BCUT2D eigenvalue weighted by Crippen LogP contribution is 2.41. The smallest absolute Gasteiger partial charge is 0.322 e. The number of hydrogen-bond acceptors (Lipinski definition) is 3. The molecule has 0 radical (unpaired) electrons. The van der Waals surface area contributed by atoms with Gasteiger partial charge in [0.05, 0.1) is 12.0 Å². The zero-order valence-corrected chi connectivity index (χ0v) is 21.1. The summed E-state index contributed by atoms with van der Waals surface area (Å²) in [5.74, 6) is 0.369. The molecule has 1 aromatic rings. The van der Waals surface area contributed by atoms with Crippen molar-refractivity contribution in [3.8, 4) is 0 Å². The average molecular weight is 463 g/mol. The van der Waals surface area contributed by atoms with Crippen LogP contribution in [0.25, 0.3) is 0 Å². The maximum atomic E-state index is 12.9. The van der Waals surface area contributed by atoms with E-state index in [1.807, 2.05) is 25.3 Å². The number of aryl methyl sites for hydroxylation is 1. The Labute approximate surface area is 195 Å². The molecule has 0 saturated carbocycles. The van der Waals surface area contributed by atoms with Crippen LogP contribution in [0, 0.1) is 11.8 Å². The molecular formula is C25H38N2O4S. The number of rotatable bonds is 11. The van der Waals surface area contributed by atoms with Crippen molar-refractivity contribution in [1.82, 2.24) is 10.2 Å². The van der Waals surface area contributed by atoms with E-state index >= 15 is 0 Å². The molecule has 0 aliphatic carbocycles. The second-order valence-electron chi connectivity index (χ2n) is 9.17. The van der Waals surface area contributed by atoms with Crippen LogP contribution in [0.2, 0.25) is 0 Å². The molecule has 2 rings (SSSR count). The van der Waals surface area contributed by atoms with Crippen molar-refractivity contribution in [2.75, 3.05) is 12.3 Å². The minimum atomic E-state index is -1.05. The number of carboxylic acids is 1. The zero-order chi connectivity index (χ0) is 24.1. The van der Waals surface area contributed by atoms with Crippen LogP contribution in [0.3, 0.4) is 0 Å². The molecule has 6 nitrogen and oxygen atoms in total. The lowest BCUT2D eigenvalue weighted by Gasteiger charge is -2.44. The van der Waals surface area contributed by atoms with Gasteiger partial charge in [-0.25, -0.2) is 4.79 Å². The van der Waals surface area contributed by atoms with Crippen LogP contribution in [-0.2, 0) is 27.9 Å². The molecule has 2 atom stereocenters. The van der Waals surface area contributed by atoms with Gasteiger partial charge in [-0.1, -0.05) is 47.6 Å². The maximum Gasteiger partial charge on any atom is 0.322 e. The molecule has 1 unspecified atom stereocenters. The summed E-state index contributed by atoms with van der Waals surface area (Å²) in [6, 6.07) is 5.76. The van der Waals surface area contributed by atoms with Crippen LogP contribution in [0.5, 0.6) is 0 Å². The van der Waals surface area contributed by atoms with E-state index in [4.69, 9.17) is 5.11 Å². The third-order valence-electron chi connectivity index (χ3n) is 6.15. The molecule has 178 valence electrons. The van der Waals surface area contributed by atoms with Crippen molar-refractivity contribution in [2.45, 2.75) is 77.7 Å². The minimum Gasteiger partial charge on any atom is -0.611 e. The van der Waals surface area contributed by atoms with Crippen LogP contribution >= 0.6 is 0 Å². The Bertz CT molecular complexity index is 852. The first-order valence-electron chi connectivity index (χ1n) is 11.6. The Morgan fingerprint density at radius 3 is 2.47 bits per heavy atom. The molecule has 1 aliphatic rings. The number of nitrogens with one attached hydrogen (secondary N) is 1. The summed E-state index contributed by atoms with van der Waals surface area (Å²) in [4.78, 5) is 26.3. The highest BCUT2D eigenvalue weighted by Gasteiger charge is 2.42. The lowest BCUT2D eigenvalue weighted by atomic mass is 9.74. The predicted octanol–water partition coefficient (Wildman–Crippen LogP) is 5.05. The summed E-state index contributed by atoms with van der Waals surface area (Å²) in [6.45, 7) is 12.7. The topological polar surface area (TPSA) is 92.7 Å². The third kappa shape index (κ3) is 5.87. The number of carboxylic acid groups (broad SMARTS) is 1. The van der Waals surface area contributed by atoms with Crippen molar-refractivity contribution < 1.29 is 19.2 Å². The molecule has 0 bridgehead atoms. The highest BCUT2D eigenvalue weighted by molar-refractivity contribution is 7.91. The Balaban J connectivity index is 2.48. The van der Waals surface area contributed by atoms with Crippen molar-refractivity contribution in [1.29, 1.82) is 0 Å². The normalized spacial score (nSPS) is 19.8. The van der Waals surface area contributed by atoms with Crippen molar-refractivity contribution >= 4 is 23.2 Å². The fourth-order valence-corrected chi connectivity index (χ4v) is 5.84. The van der Waals surface area contributed by atoms with Gasteiger partial charge in [-0.3, -0.25) is 4.79 Å². The zero-order valence-electron chi connectivity index (χ0n) is 20.2. The van der Waals surface area contributed by atoms with Crippen molar-refractivity contribution in [3.63, 3.8) is 0 Å². The van der Waals surface area contributed by atoms with Crippen LogP contribution in [-0.4, -0.2) is 38.9 Å². The molecule has 1 aliphatic heterocycles. The summed E-state index contributed by atoms with van der Waals surface area (Å²) < 4.78 is 12.9. The molecule has 1 aromatic carbocycles. The van der Waals surface area contributed by atoms with Crippen LogP contribution in [0.15, 0.2) is 34.9 Å². The second kappa shape index (κ2) is 11.2. The van der Waals surface area contributed by atoms with E-state index < -0.39 is 22.7 Å². The van der Waals surface area contributed by atoms with Crippen molar-refractivity contribution in [2.24, 2.45) is 11.8 Å². The van der Waals surface area contributed by atoms with E-state index in [1.54, 1.807) is 0 Å². The summed E-state index contributed by atoms with van der Waals surface area (Å²) in [5, 5.41) is 12.2. The Morgan fingerprint density at radius 2 is 1.94 bits per heavy atom. The Hall–Kier alpha value is -1.99. The van der Waals surface area contributed by atoms with E-state index in [9.17, 15) is 14.1 Å². The fraction of sp³-hybridized carbons (Fsp3) is 0.600. The number of nitrogens with zero attached hydrogens (tertiary/aromatic N) is 1. The van der Waals surface area contributed by atoms with Gasteiger partial charge < -0.3 is 19.9 Å². The van der Waals surface area contributed by atoms with Gasteiger partial charge in [-0.2, -0.15) is 0 Å². The number of benzene rings is 1. The molecule has 1 heterocycles. The first kappa shape index (κ1) is 26.3. The lowest BCUT2D eigenvalue weighted by molar-refractivity contribution is -0.137. The third-order valence-corrected chi connectivity index (χ3v) is 7.64. The first-order chi connectivity index (χ1) is 15.0. The number of carbonyl (C=O) groups excluding carboxylic acids is 1. The lowest BCUT2D eigenvalue weighted by Crippen LogP contribution is -2.56. The van der Waals surface area contributed by atoms with Crippen LogP contribution in [0.4, 0.5) is 4.79 Å². The molecule has 2 amide bonds. The second-order valence-corrected chi connectivity index (χ2v) is 10.7. The van der Waals surface area contributed by atoms with E-state index in [1.165, 1.54) is 4.90 Å². The van der Waals surface area contributed by atoms with E-state index in [0.29, 0.717) is 18.1 Å². The van der Waals surface area contributed by atoms with Crippen LogP contribution < -0.4 is 5.32 Å². The fourth-order valence-electron chi connectivity index (χ4n) is 4.22. The quantitative estimate of drug-likeness (QED) is 0.450. The van der Waals surface area contributed by atoms with E-state index in [2.05, 4.69) is 46.0 Å². The SMILES string of the molecule is CCc1cc([C@]2(CC)NC(=O)N(CCC(=O)O)C=C2C(C)C)ccc1[S+]([O-])CCC(C)C. The molecule has 32 heavy (non-hydrogen) atoms. The summed E-state index contributed by atoms with van der Waals surface area (Å²) in [6.07, 6.45) is 4.06. The average Bonchev–Trinajstić information content (AvgIpc) is 2.75. The highest BCUT2D eigenvalue weighted by atomic mass is 32.2. The minimum absolute atomic E-state index is 0.106. The summed E-state index contributed by atoms with van der Waals surface area (Å²) in [5.41, 5.74) is 2.39. The maximum absolute atomic E-state index is 12.9. The van der Waals surface area contributed by atoms with Gasteiger partial charge in [0.25, 0.3) is 0 Å². The molecule has 2 N–H and O–H groups in total. The number of aliphatic carboxylic acids is 1. The number of hydrogen-bond donors (Lipinski definition) is 2. The number of amides is 2. The van der Waals surface area contributed by atoms with Gasteiger partial charge in [0.1, 0.15) is 5.75 Å². The molecule has 0 spiro atoms. The number of carbonyl (C=O) groups is 2. The number of urea groups is 1. The largest absolute Gasteiger partial charge is 0.611 e. The van der Waals surface area contributed by atoms with Gasteiger partial charge in [0, 0.05) is 18.3 Å². The molecular weight excluding hydrogens is 424 g/mol. The van der Waals surface area contributed by atoms with Gasteiger partial charge in [0.2, 0.25) is 0 Å². The Morgan fingerprint density at radius 1 is 1.25 bits per heavy atom. The molecule has 0 saturated heterocycles. The predicted molar refractivity (Wildman–Crippen MR) is 129 cm³/mol. The summed E-state index contributed by atoms with van der Waals surface area (Å²) >= 11 is -1.05. The van der Waals surface area contributed by atoms with Gasteiger partial charge in [-0.15, -0.1) is 0 Å². The summed E-state index contributed by atoms with van der Waals surface area (Å²) in [7, 11) is 0. The Kier molecular flexibility index (Phi) is 9.22. The van der Waals surface area contributed by atoms with Crippen LogP contribution in [0.1, 0.15) is 71.9 Å².